The fourth-order valence-electron chi connectivity index (χ4n) is 2.04. The van der Waals surface area contributed by atoms with Gasteiger partial charge in [0.15, 0.2) is 0 Å². The molecule has 2 aromatic rings. The van der Waals surface area contributed by atoms with Crippen LogP contribution in [0, 0.1) is 6.92 Å². The minimum absolute atomic E-state index is 0.838. The molecule has 0 aliphatic rings. The Kier molecular flexibility index (Phi) is 2.69. The van der Waals surface area contributed by atoms with Gasteiger partial charge in [-0.15, -0.1) is 0 Å². The van der Waals surface area contributed by atoms with Crippen molar-refractivity contribution in [3.63, 3.8) is 0 Å². The van der Waals surface area contributed by atoms with E-state index in [2.05, 4.69) is 35.9 Å². The van der Waals surface area contributed by atoms with Gasteiger partial charge in [-0.2, -0.15) is 0 Å². The average Bonchev–Trinajstić information content (AvgIpc) is 2.69. The number of carbonyl (C=O) groups excluding carboxylic acids is 1. The lowest BCUT2D eigenvalue weighted by molar-refractivity contribution is -0.107. The summed E-state index contributed by atoms with van der Waals surface area (Å²) in [6.45, 7) is 5.12. The van der Waals surface area contributed by atoms with Gasteiger partial charge in [0.05, 0.1) is 0 Å². The third-order valence-electron chi connectivity index (χ3n) is 2.97. The molecule has 0 atom stereocenters. The topological polar surface area (TPSA) is 25.2 Å². The Balaban J connectivity index is 2.64. The van der Waals surface area contributed by atoms with E-state index in [9.17, 15) is 4.79 Å². The van der Waals surface area contributed by atoms with E-state index in [4.69, 9.17) is 0 Å². The van der Waals surface area contributed by atoms with Crippen molar-refractivity contribution in [3.05, 3.63) is 30.0 Å². The van der Waals surface area contributed by atoms with Gasteiger partial charge in [0, 0.05) is 36.4 Å². The molecule has 84 valence electrons. The van der Waals surface area contributed by atoms with E-state index >= 15 is 0 Å². The van der Waals surface area contributed by atoms with Crippen LogP contribution in [0.3, 0.4) is 0 Å². The van der Waals surface area contributed by atoms with Crippen molar-refractivity contribution in [1.29, 1.82) is 0 Å². The first-order valence-corrected chi connectivity index (χ1v) is 5.45. The van der Waals surface area contributed by atoms with Crippen LogP contribution in [0.4, 0.5) is 5.69 Å². The number of nitrogens with zero attached hydrogens (tertiary/aromatic N) is 2. The van der Waals surface area contributed by atoms with Gasteiger partial charge in [-0.05, 0) is 37.6 Å². The molecule has 1 amide bonds. The number of aromatic nitrogens is 1. The summed E-state index contributed by atoms with van der Waals surface area (Å²) in [5.74, 6) is 0. The molecule has 2 rings (SSSR count). The Morgan fingerprint density at radius 2 is 2.19 bits per heavy atom. The Morgan fingerprint density at radius 1 is 1.44 bits per heavy atom. The average molecular weight is 216 g/mol. The van der Waals surface area contributed by atoms with E-state index in [1.165, 1.54) is 10.9 Å². The highest BCUT2D eigenvalue weighted by atomic mass is 16.1. The van der Waals surface area contributed by atoms with Crippen LogP contribution in [-0.2, 0) is 11.3 Å². The van der Waals surface area contributed by atoms with Gasteiger partial charge in [0.1, 0.15) is 0 Å². The molecular weight excluding hydrogens is 200 g/mol. The Bertz CT molecular complexity index is 528. The molecular formula is C13H16N2O. The first-order valence-electron chi connectivity index (χ1n) is 5.45. The zero-order chi connectivity index (χ0) is 11.7. The summed E-state index contributed by atoms with van der Waals surface area (Å²) < 4.78 is 2.20. The van der Waals surface area contributed by atoms with Crippen LogP contribution in [0.15, 0.2) is 24.4 Å². The zero-order valence-corrected chi connectivity index (χ0v) is 9.90. The van der Waals surface area contributed by atoms with Gasteiger partial charge >= 0.3 is 0 Å². The van der Waals surface area contributed by atoms with E-state index in [1.54, 1.807) is 11.9 Å². The molecule has 0 N–H and O–H groups in total. The molecule has 0 radical (unpaired) electrons. The van der Waals surface area contributed by atoms with Crippen molar-refractivity contribution in [2.45, 2.75) is 20.4 Å². The molecule has 16 heavy (non-hydrogen) atoms. The maximum Gasteiger partial charge on any atom is 0.213 e. The number of hydrogen-bond acceptors (Lipinski definition) is 1. The first kappa shape index (κ1) is 10.7. The van der Waals surface area contributed by atoms with Gasteiger partial charge in [0.2, 0.25) is 6.41 Å². The molecule has 0 aliphatic heterocycles. The lowest BCUT2D eigenvalue weighted by atomic mass is 10.1. The third kappa shape index (κ3) is 1.58. The highest BCUT2D eigenvalue weighted by molar-refractivity contribution is 5.89. The molecule has 3 heteroatoms. The maximum absolute atomic E-state index is 10.8. The summed E-state index contributed by atoms with van der Waals surface area (Å²) in [6, 6.07) is 6.28. The van der Waals surface area contributed by atoms with Gasteiger partial charge in [-0.25, -0.2) is 0 Å². The van der Waals surface area contributed by atoms with Crippen LogP contribution in [0.1, 0.15) is 12.5 Å². The van der Waals surface area contributed by atoms with Crippen LogP contribution in [0.5, 0.6) is 0 Å². The van der Waals surface area contributed by atoms with E-state index in [-0.39, 0.29) is 0 Å². The lowest BCUT2D eigenvalue weighted by Gasteiger charge is -2.14. The fourth-order valence-corrected chi connectivity index (χ4v) is 2.04. The Labute approximate surface area is 95.3 Å². The molecule has 1 heterocycles. The molecule has 1 aromatic carbocycles. The largest absolute Gasteiger partial charge is 0.348 e. The molecule has 0 aliphatic carbocycles. The predicted molar refractivity (Wildman–Crippen MR) is 66.8 cm³/mol. The number of carbonyl (C=O) groups is 1. The minimum atomic E-state index is 0.838. The smallest absolute Gasteiger partial charge is 0.213 e. The van der Waals surface area contributed by atoms with Crippen molar-refractivity contribution >= 4 is 23.0 Å². The Morgan fingerprint density at radius 3 is 2.81 bits per heavy atom. The summed E-state index contributed by atoms with van der Waals surface area (Å²) >= 11 is 0. The summed E-state index contributed by atoms with van der Waals surface area (Å²) in [6.07, 6.45) is 2.92. The Hall–Kier alpha value is -1.77. The van der Waals surface area contributed by atoms with Crippen molar-refractivity contribution in [3.8, 4) is 0 Å². The molecule has 0 spiro atoms. The molecule has 0 unspecified atom stereocenters. The molecule has 1 aromatic heterocycles. The number of benzene rings is 1. The first-order chi connectivity index (χ1) is 7.67. The summed E-state index contributed by atoms with van der Waals surface area (Å²) in [5, 5.41) is 1.18. The SMILES string of the molecule is CCn1ccc2cc(N(C)C=O)c(C)cc21. The van der Waals surface area contributed by atoms with E-state index in [0.717, 1.165) is 24.2 Å². The third-order valence-corrected chi connectivity index (χ3v) is 2.97. The molecule has 3 nitrogen and oxygen atoms in total. The van der Waals surface area contributed by atoms with Crippen LogP contribution < -0.4 is 4.90 Å². The predicted octanol–water partition coefficient (Wildman–Crippen LogP) is 2.56. The number of aryl methyl sites for hydroxylation is 2. The molecule has 0 bridgehead atoms. The summed E-state index contributed by atoms with van der Waals surface area (Å²) in [7, 11) is 1.78. The number of anilines is 1. The van der Waals surface area contributed by atoms with E-state index in [0.29, 0.717) is 0 Å². The summed E-state index contributed by atoms with van der Waals surface area (Å²) in [5.41, 5.74) is 3.31. The molecule has 0 saturated heterocycles. The monoisotopic (exact) mass is 216 g/mol. The van der Waals surface area contributed by atoms with Gasteiger partial charge in [-0.1, -0.05) is 0 Å². The van der Waals surface area contributed by atoms with E-state index in [1.807, 2.05) is 6.92 Å². The van der Waals surface area contributed by atoms with Gasteiger partial charge < -0.3 is 9.47 Å². The van der Waals surface area contributed by atoms with Crippen LogP contribution in [0.2, 0.25) is 0 Å². The zero-order valence-electron chi connectivity index (χ0n) is 9.90. The normalized spacial score (nSPS) is 10.7. The highest BCUT2D eigenvalue weighted by Gasteiger charge is 2.07. The van der Waals surface area contributed by atoms with E-state index < -0.39 is 0 Å². The highest BCUT2D eigenvalue weighted by Crippen LogP contribution is 2.26. The second-order valence-corrected chi connectivity index (χ2v) is 4.02. The van der Waals surface area contributed by atoms with Gasteiger partial charge in [-0.3, -0.25) is 4.79 Å². The van der Waals surface area contributed by atoms with Crippen LogP contribution >= 0.6 is 0 Å². The van der Waals surface area contributed by atoms with Gasteiger partial charge in [0.25, 0.3) is 0 Å². The quantitative estimate of drug-likeness (QED) is 0.724. The number of amides is 1. The lowest BCUT2D eigenvalue weighted by Crippen LogP contribution is -2.14. The van der Waals surface area contributed by atoms with Crippen molar-refractivity contribution in [2.24, 2.45) is 0 Å². The fraction of sp³-hybridized carbons (Fsp3) is 0.308. The summed E-state index contributed by atoms with van der Waals surface area (Å²) in [4.78, 5) is 12.4. The standard InChI is InChI=1S/C13H16N2O/c1-4-15-6-5-11-8-12(14(3)9-16)10(2)7-13(11)15/h5-9H,4H2,1-3H3. The maximum atomic E-state index is 10.8. The van der Waals surface area contributed by atoms with Crippen LogP contribution in [0.25, 0.3) is 10.9 Å². The number of rotatable bonds is 3. The van der Waals surface area contributed by atoms with Crippen LogP contribution in [-0.4, -0.2) is 18.0 Å². The van der Waals surface area contributed by atoms with Crippen molar-refractivity contribution < 1.29 is 4.79 Å². The van der Waals surface area contributed by atoms with Crippen molar-refractivity contribution in [2.75, 3.05) is 11.9 Å². The number of hydrogen-bond donors (Lipinski definition) is 0. The second kappa shape index (κ2) is 4.00. The molecule has 0 saturated carbocycles. The molecule has 0 fully saturated rings. The van der Waals surface area contributed by atoms with Crippen molar-refractivity contribution in [1.82, 2.24) is 4.57 Å². The number of fused-ring (bicyclic) bond motifs is 1. The second-order valence-electron chi connectivity index (χ2n) is 4.02. The minimum Gasteiger partial charge on any atom is -0.348 e.